The van der Waals surface area contributed by atoms with E-state index in [1.807, 2.05) is 0 Å². The second-order valence-corrected chi connectivity index (χ2v) is 7.34. The topological polar surface area (TPSA) is 54.0 Å². The maximum Gasteiger partial charge on any atom is 0.227 e. The molecule has 0 aliphatic carbocycles. The number of piperazine rings is 1. The number of aryl methyl sites for hydroxylation is 1. The molecule has 7 heteroatoms. The smallest absolute Gasteiger partial charge is 0.227 e. The van der Waals surface area contributed by atoms with E-state index in [2.05, 4.69) is 27.7 Å². The van der Waals surface area contributed by atoms with Gasteiger partial charge in [0.1, 0.15) is 5.82 Å². The molecule has 1 aromatic rings. The summed E-state index contributed by atoms with van der Waals surface area (Å²) in [6.45, 7) is 11.6. The summed E-state index contributed by atoms with van der Waals surface area (Å²) in [4.78, 5) is 17.0. The Morgan fingerprint density at radius 2 is 1.58 bits per heavy atom. The van der Waals surface area contributed by atoms with E-state index in [1.165, 1.54) is 12.8 Å². The average molecular weight is 361 g/mol. The van der Waals surface area contributed by atoms with Crippen molar-refractivity contribution in [2.75, 3.05) is 75.5 Å². The molecule has 144 valence electrons. The SMILES string of the molecule is CCc1cc(N2CCN(C3CCOCC3)CC2)nc(N2CCOCC2)n1. The largest absolute Gasteiger partial charge is 0.381 e. The molecule has 0 unspecified atom stereocenters. The van der Waals surface area contributed by atoms with Crippen LogP contribution in [-0.2, 0) is 15.9 Å². The molecule has 7 nitrogen and oxygen atoms in total. The summed E-state index contributed by atoms with van der Waals surface area (Å²) < 4.78 is 11.0. The molecule has 1 aromatic heterocycles. The molecule has 3 saturated heterocycles. The van der Waals surface area contributed by atoms with E-state index in [4.69, 9.17) is 19.4 Å². The number of nitrogens with zero attached hydrogens (tertiary/aromatic N) is 5. The first-order chi connectivity index (χ1) is 12.8. The summed E-state index contributed by atoms with van der Waals surface area (Å²) in [5, 5.41) is 0. The van der Waals surface area contributed by atoms with Crippen LogP contribution in [0.5, 0.6) is 0 Å². The maximum atomic E-state index is 5.51. The number of aromatic nitrogens is 2. The lowest BCUT2D eigenvalue weighted by Crippen LogP contribution is -2.52. The van der Waals surface area contributed by atoms with Crippen molar-refractivity contribution in [3.63, 3.8) is 0 Å². The fourth-order valence-electron chi connectivity index (χ4n) is 4.08. The predicted molar refractivity (Wildman–Crippen MR) is 102 cm³/mol. The average Bonchev–Trinajstić information content (AvgIpc) is 2.75. The van der Waals surface area contributed by atoms with Gasteiger partial charge in [-0.2, -0.15) is 4.98 Å². The van der Waals surface area contributed by atoms with Crippen LogP contribution in [0.2, 0.25) is 0 Å². The van der Waals surface area contributed by atoms with Gasteiger partial charge in [0.2, 0.25) is 5.95 Å². The second-order valence-electron chi connectivity index (χ2n) is 7.34. The number of morpholine rings is 1. The van der Waals surface area contributed by atoms with Crippen molar-refractivity contribution in [2.45, 2.75) is 32.2 Å². The van der Waals surface area contributed by atoms with Gasteiger partial charge >= 0.3 is 0 Å². The second kappa shape index (κ2) is 8.50. The van der Waals surface area contributed by atoms with Crippen LogP contribution in [0, 0.1) is 0 Å². The Bertz CT molecular complexity index is 579. The molecule has 0 atom stereocenters. The Morgan fingerprint density at radius 3 is 2.27 bits per heavy atom. The highest BCUT2D eigenvalue weighted by molar-refractivity contribution is 5.46. The first-order valence-corrected chi connectivity index (χ1v) is 10.1. The Kier molecular flexibility index (Phi) is 5.87. The third-order valence-corrected chi connectivity index (χ3v) is 5.76. The van der Waals surface area contributed by atoms with E-state index < -0.39 is 0 Å². The molecule has 0 saturated carbocycles. The fraction of sp³-hybridized carbons (Fsp3) is 0.789. The third kappa shape index (κ3) is 4.10. The zero-order chi connectivity index (χ0) is 17.8. The van der Waals surface area contributed by atoms with Crippen LogP contribution in [0.3, 0.4) is 0 Å². The Hall–Kier alpha value is -1.44. The first-order valence-electron chi connectivity index (χ1n) is 10.1. The molecule has 0 N–H and O–H groups in total. The zero-order valence-corrected chi connectivity index (χ0v) is 15.9. The summed E-state index contributed by atoms with van der Waals surface area (Å²) in [5.74, 6) is 1.96. The van der Waals surface area contributed by atoms with Gasteiger partial charge in [0, 0.05) is 70.3 Å². The van der Waals surface area contributed by atoms with Crippen LogP contribution >= 0.6 is 0 Å². The summed E-state index contributed by atoms with van der Waals surface area (Å²) in [6.07, 6.45) is 3.29. The van der Waals surface area contributed by atoms with Gasteiger partial charge in [0.05, 0.1) is 13.2 Å². The highest BCUT2D eigenvalue weighted by atomic mass is 16.5. The minimum atomic E-state index is 0.700. The minimum absolute atomic E-state index is 0.700. The lowest BCUT2D eigenvalue weighted by Gasteiger charge is -2.41. The van der Waals surface area contributed by atoms with Crippen LogP contribution < -0.4 is 9.80 Å². The van der Waals surface area contributed by atoms with Gasteiger partial charge in [-0.25, -0.2) is 4.98 Å². The predicted octanol–water partition coefficient (Wildman–Crippen LogP) is 1.18. The molecule has 0 bridgehead atoms. The van der Waals surface area contributed by atoms with Gasteiger partial charge in [0.25, 0.3) is 0 Å². The fourth-order valence-corrected chi connectivity index (χ4v) is 4.08. The molecule has 26 heavy (non-hydrogen) atoms. The molecule has 0 radical (unpaired) electrons. The van der Waals surface area contributed by atoms with Gasteiger partial charge in [-0.15, -0.1) is 0 Å². The number of hydrogen-bond donors (Lipinski definition) is 0. The Morgan fingerprint density at radius 1 is 0.885 bits per heavy atom. The van der Waals surface area contributed by atoms with Gasteiger partial charge in [-0.1, -0.05) is 6.92 Å². The van der Waals surface area contributed by atoms with Gasteiger partial charge in [0.15, 0.2) is 0 Å². The zero-order valence-electron chi connectivity index (χ0n) is 15.9. The molecule has 3 aliphatic heterocycles. The van der Waals surface area contributed by atoms with E-state index in [0.717, 1.165) is 89.6 Å². The van der Waals surface area contributed by atoms with Crippen LogP contribution in [0.1, 0.15) is 25.5 Å². The molecule has 4 heterocycles. The van der Waals surface area contributed by atoms with Crippen LogP contribution in [0.25, 0.3) is 0 Å². The number of hydrogen-bond acceptors (Lipinski definition) is 7. The maximum absolute atomic E-state index is 5.51. The summed E-state index contributed by atoms with van der Waals surface area (Å²) >= 11 is 0. The number of rotatable bonds is 4. The van der Waals surface area contributed by atoms with Crippen molar-refractivity contribution in [3.05, 3.63) is 11.8 Å². The first kappa shape index (κ1) is 17.9. The normalized spacial score (nSPS) is 23.4. The molecule has 0 amide bonds. The van der Waals surface area contributed by atoms with Crippen molar-refractivity contribution in [3.8, 4) is 0 Å². The van der Waals surface area contributed by atoms with Crippen LogP contribution in [0.15, 0.2) is 6.07 Å². The highest BCUT2D eigenvalue weighted by Gasteiger charge is 2.26. The van der Waals surface area contributed by atoms with Crippen molar-refractivity contribution >= 4 is 11.8 Å². The summed E-state index contributed by atoms with van der Waals surface area (Å²) in [6, 6.07) is 2.88. The minimum Gasteiger partial charge on any atom is -0.381 e. The molecule has 0 spiro atoms. The third-order valence-electron chi connectivity index (χ3n) is 5.76. The summed E-state index contributed by atoms with van der Waals surface area (Å²) in [5.41, 5.74) is 1.13. The van der Waals surface area contributed by atoms with E-state index in [-0.39, 0.29) is 0 Å². The van der Waals surface area contributed by atoms with E-state index in [0.29, 0.717) is 6.04 Å². The lowest BCUT2D eigenvalue weighted by atomic mass is 10.1. The van der Waals surface area contributed by atoms with E-state index >= 15 is 0 Å². The monoisotopic (exact) mass is 361 g/mol. The molecule has 4 rings (SSSR count). The standard InChI is InChI=1S/C19H31N5O2/c1-2-16-15-18(21-19(20-16)24-9-13-26-14-10-24)23-7-5-22(6-8-23)17-3-11-25-12-4-17/h15,17H,2-14H2,1H3. The number of ether oxygens (including phenoxy) is 2. The number of anilines is 2. The van der Waals surface area contributed by atoms with E-state index in [1.54, 1.807) is 0 Å². The molecular weight excluding hydrogens is 330 g/mol. The quantitative estimate of drug-likeness (QED) is 0.798. The lowest BCUT2D eigenvalue weighted by molar-refractivity contribution is 0.0321. The van der Waals surface area contributed by atoms with Gasteiger partial charge < -0.3 is 19.3 Å². The summed E-state index contributed by atoms with van der Waals surface area (Å²) in [7, 11) is 0. The molecule has 3 aliphatic rings. The highest BCUT2D eigenvalue weighted by Crippen LogP contribution is 2.22. The van der Waals surface area contributed by atoms with Crippen LogP contribution in [-0.4, -0.2) is 86.6 Å². The van der Waals surface area contributed by atoms with Gasteiger partial charge in [-0.3, -0.25) is 4.90 Å². The van der Waals surface area contributed by atoms with Gasteiger partial charge in [-0.05, 0) is 19.3 Å². The molecule has 0 aromatic carbocycles. The van der Waals surface area contributed by atoms with Crippen molar-refractivity contribution in [2.24, 2.45) is 0 Å². The van der Waals surface area contributed by atoms with Crippen molar-refractivity contribution in [1.29, 1.82) is 0 Å². The van der Waals surface area contributed by atoms with Crippen molar-refractivity contribution in [1.82, 2.24) is 14.9 Å². The van der Waals surface area contributed by atoms with Crippen LogP contribution in [0.4, 0.5) is 11.8 Å². The van der Waals surface area contributed by atoms with E-state index in [9.17, 15) is 0 Å². The Labute approximate surface area is 156 Å². The molecular formula is C19H31N5O2. The molecule has 3 fully saturated rings. The Balaban J connectivity index is 1.43. The van der Waals surface area contributed by atoms with Crippen molar-refractivity contribution < 1.29 is 9.47 Å².